The van der Waals surface area contributed by atoms with E-state index >= 15 is 4.79 Å². The van der Waals surface area contributed by atoms with Crippen LogP contribution >= 0.6 is 12.3 Å². The molecule has 0 radical (unpaired) electrons. The molecule has 0 spiro atoms. The summed E-state index contributed by atoms with van der Waals surface area (Å²) in [5, 5.41) is 111. The average molecular weight is 1460 g/mol. The quantitative estimate of drug-likeness (QED) is 0.0125. The largest absolute Gasteiger partial charge is 0.504 e. The first kappa shape index (κ1) is 80.2. The molecule has 564 valence electrons. The summed E-state index contributed by atoms with van der Waals surface area (Å²) in [4.78, 5) is 119. The fourth-order valence-corrected chi connectivity index (χ4v) is 13.1. The van der Waals surface area contributed by atoms with Crippen molar-refractivity contribution < 1.29 is 112 Å². The predicted molar refractivity (Wildman–Crippen MR) is 367 cm³/mol. The van der Waals surface area contributed by atoms with E-state index in [0.29, 0.717) is 29.4 Å². The van der Waals surface area contributed by atoms with E-state index in [2.05, 4.69) is 71.8 Å². The number of morpholine rings is 1. The highest BCUT2D eigenvalue weighted by atomic mass is 32.2. The second kappa shape index (κ2) is 38.8. The molecule has 8 amide bonds. The number of rotatable bonds is 28. The standard InChI is InChI=1S/C69H94N10O23S/c1-6-26-97-69(94)70-24-23-53(84)59-68(93)79-34-38(2)61(86)60(79)66(91)71-33-46(81)30-50(63(88)73-57(41(5)80)67(92)78-37-47(82)31-51(78)64(89)74-58(65(90)75-59)54(85)28-42-13-22-52(83)56(29-42)100-103-102-101-95)72-62(87)45-16-14-43(15-17-45)49-32-55(99-76-49)44-18-20-48(21-19-44)96-27-12-10-8-7-9-11-25-77-35-39(3)98-40(4)36-77/h6,13-22,29,32,38-41,46-47,50-51,53-54,57-61,80-86,95H,1,7-12,23-28,30-31,33-37H2,2-5H3,(H,70,94)(H,71,91)(H,72,87)(H,73,88)(H,74,89)(H,75,90)/t38-,39-,40+,41+,46+,47+,50+,51+,53-,54-,57+,58+,59+,60+,61+/m1/s1. The Morgan fingerprint density at radius 1 is 0.757 bits per heavy atom. The molecule has 4 fully saturated rings. The molecule has 1 aromatic heterocycles. The number of nitrogens with zero attached hydrogens (tertiary/aromatic N) is 4. The Morgan fingerprint density at radius 2 is 1.43 bits per heavy atom. The molecule has 3 aromatic carbocycles. The fourth-order valence-electron chi connectivity index (χ4n) is 12.9. The van der Waals surface area contributed by atoms with Gasteiger partial charge in [0.2, 0.25) is 35.4 Å². The molecule has 8 rings (SSSR count). The summed E-state index contributed by atoms with van der Waals surface area (Å²) in [6, 6.07) is 7.06. The Labute approximate surface area is 599 Å². The topological polar surface area (TPSA) is 462 Å². The molecule has 15 atom stereocenters. The number of unbranched alkanes of at least 4 members (excludes halogenated alkanes) is 5. The van der Waals surface area contributed by atoms with Crippen molar-refractivity contribution in [1.82, 2.24) is 51.8 Å². The van der Waals surface area contributed by atoms with Crippen LogP contribution in [0, 0.1) is 5.92 Å². The van der Waals surface area contributed by atoms with Crippen molar-refractivity contribution in [2.75, 3.05) is 59.0 Å². The minimum absolute atomic E-state index is 0.00926. The minimum atomic E-state index is -2.18. The number of hydrogen-bond donors (Lipinski definition) is 14. The Morgan fingerprint density at radius 3 is 2.13 bits per heavy atom. The van der Waals surface area contributed by atoms with Crippen LogP contribution in [0.1, 0.15) is 101 Å². The van der Waals surface area contributed by atoms with Crippen molar-refractivity contribution in [1.29, 1.82) is 0 Å². The molecule has 34 heteroatoms. The SMILES string of the molecule is C=CCOC(=O)NCC[C@@H](O)[C@@H]1NC(=O)[C@H]([C@H](O)Cc2ccc(O)c(OSOOO)c2)NC(=O)[C@@H]2C[C@H](O)CN2C(=O)[C@H]([C@H](C)O)NC(=O)[C@@H](NC(=O)c2ccc(-c3cc(-c4ccc(OCCCCCCCCN5C[C@@H](C)O[C@@H](C)C5)cc4)on3)cc2)C[C@H](O)CNC(=O)[C@@H]2[C@@H](O)[C@H](C)CN2C1=O. The van der Waals surface area contributed by atoms with Crippen LogP contribution in [0.15, 0.2) is 90.0 Å². The van der Waals surface area contributed by atoms with Crippen LogP contribution in [0.25, 0.3) is 22.6 Å². The van der Waals surface area contributed by atoms with Crippen LogP contribution in [-0.4, -0.2) is 252 Å². The zero-order valence-electron chi connectivity index (χ0n) is 57.7. The van der Waals surface area contributed by atoms with E-state index < -0.39 is 177 Å². The van der Waals surface area contributed by atoms with Gasteiger partial charge in [-0.2, -0.15) is 0 Å². The van der Waals surface area contributed by atoms with Crippen molar-refractivity contribution in [3.05, 3.63) is 96.6 Å². The Hall–Kier alpha value is -8.52. The summed E-state index contributed by atoms with van der Waals surface area (Å²) in [5.41, 5.74) is 1.75. The lowest BCUT2D eigenvalue weighted by atomic mass is 9.98. The number of phenols is 1. The zero-order valence-corrected chi connectivity index (χ0v) is 58.5. The number of aliphatic hydroxyl groups is 6. The van der Waals surface area contributed by atoms with Crippen molar-refractivity contribution >= 4 is 59.8 Å². The molecule has 4 aliphatic rings. The number of carbonyl (C=O) groups excluding carboxylic acids is 8. The maximum absolute atomic E-state index is 15.0. The molecule has 4 saturated heterocycles. The number of alkyl carbamates (subject to hydrolysis) is 1. The van der Waals surface area contributed by atoms with Gasteiger partial charge in [0.15, 0.2) is 17.3 Å². The van der Waals surface area contributed by atoms with E-state index in [1.54, 1.807) is 18.2 Å². The number of carbonyl (C=O) groups is 8. The molecular weight excluding hydrogens is 1370 g/mol. The van der Waals surface area contributed by atoms with Gasteiger partial charge in [-0.15, -0.1) is 0 Å². The van der Waals surface area contributed by atoms with Crippen LogP contribution in [-0.2, 0) is 54.0 Å². The van der Waals surface area contributed by atoms with Gasteiger partial charge >= 0.3 is 6.09 Å². The number of ether oxygens (including phenoxy) is 3. The first-order valence-corrected chi connectivity index (χ1v) is 35.0. The second-order valence-electron chi connectivity index (χ2n) is 26.4. The number of benzene rings is 3. The van der Waals surface area contributed by atoms with Gasteiger partial charge in [0.25, 0.3) is 18.2 Å². The molecule has 4 aliphatic heterocycles. The lowest BCUT2D eigenvalue weighted by Crippen LogP contribution is -2.64. The van der Waals surface area contributed by atoms with Crippen molar-refractivity contribution in [2.45, 2.75) is 177 Å². The number of aliphatic hydroxyl groups excluding tert-OH is 6. The number of hydrogen-bond acceptors (Lipinski definition) is 26. The summed E-state index contributed by atoms with van der Waals surface area (Å²) in [6.07, 6.45) is -5.39. The molecule has 103 heavy (non-hydrogen) atoms. The van der Waals surface area contributed by atoms with E-state index in [9.17, 15) is 69.3 Å². The maximum Gasteiger partial charge on any atom is 0.407 e. The number of amides is 8. The van der Waals surface area contributed by atoms with E-state index in [4.69, 9.17) is 28.2 Å². The normalized spacial score (nSPS) is 25.7. The Bertz CT molecular complexity index is 3490. The van der Waals surface area contributed by atoms with E-state index in [1.807, 2.05) is 24.3 Å². The van der Waals surface area contributed by atoms with Crippen LogP contribution in [0.2, 0.25) is 0 Å². The molecule has 5 heterocycles. The van der Waals surface area contributed by atoms with Crippen molar-refractivity contribution in [3.63, 3.8) is 0 Å². The molecular formula is C69H94N10O23S. The average Bonchev–Trinajstić information content (AvgIpc) is 1.68. The van der Waals surface area contributed by atoms with Gasteiger partial charge in [-0.3, -0.25) is 38.5 Å². The summed E-state index contributed by atoms with van der Waals surface area (Å²) >= 11 is 0.0615. The van der Waals surface area contributed by atoms with Gasteiger partial charge in [0.05, 0.1) is 55.4 Å². The number of fused-ring (bicyclic) bond motifs is 2. The first-order chi connectivity index (χ1) is 49.3. The van der Waals surface area contributed by atoms with Gasteiger partial charge in [-0.1, -0.05) is 78.0 Å². The van der Waals surface area contributed by atoms with Gasteiger partial charge in [-0.05, 0) is 101 Å². The molecule has 0 aliphatic carbocycles. The van der Waals surface area contributed by atoms with Crippen molar-refractivity contribution in [2.24, 2.45) is 5.92 Å². The highest BCUT2D eigenvalue weighted by Gasteiger charge is 2.50. The molecule has 14 N–H and O–H groups in total. The number of β-amino-alcohol motifs (C(OH)–C–C–N with tert-alkyl or cyclic N) is 1. The number of aromatic nitrogens is 1. The molecule has 0 unspecified atom stereocenters. The van der Waals surface area contributed by atoms with E-state index in [-0.39, 0.29) is 54.6 Å². The Kier molecular flexibility index (Phi) is 30.2. The first-order valence-electron chi connectivity index (χ1n) is 34.3. The monoisotopic (exact) mass is 1460 g/mol. The lowest BCUT2D eigenvalue weighted by Gasteiger charge is -2.35. The predicted octanol–water partition coefficient (Wildman–Crippen LogP) is 1.16. The lowest BCUT2D eigenvalue weighted by molar-refractivity contribution is -0.433. The molecule has 0 saturated carbocycles. The number of nitrogens with one attached hydrogen (secondary N) is 6. The van der Waals surface area contributed by atoms with E-state index in [0.717, 1.165) is 73.3 Å². The third-order valence-electron chi connectivity index (χ3n) is 18.2. The maximum atomic E-state index is 15.0. The third kappa shape index (κ3) is 22.7. The van der Waals surface area contributed by atoms with Crippen LogP contribution in [0.5, 0.6) is 17.2 Å². The fraction of sp³-hybridized carbons (Fsp3) is 0.551. The second-order valence-corrected chi connectivity index (χ2v) is 26.8. The molecule has 0 bridgehead atoms. The van der Waals surface area contributed by atoms with E-state index in [1.165, 1.54) is 50.5 Å². The molecule has 33 nitrogen and oxygen atoms in total. The van der Waals surface area contributed by atoms with Gasteiger partial charge in [-0.25, -0.2) is 10.1 Å². The smallest absolute Gasteiger partial charge is 0.407 e. The number of phenolic OH excluding ortho intramolecular Hbond substituents is 1. The summed E-state index contributed by atoms with van der Waals surface area (Å²) < 4.78 is 31.9. The van der Waals surface area contributed by atoms with Crippen LogP contribution < -0.4 is 40.8 Å². The third-order valence-corrected chi connectivity index (χ3v) is 18.5. The van der Waals surface area contributed by atoms with Gasteiger partial charge in [0.1, 0.15) is 54.3 Å². The van der Waals surface area contributed by atoms with Crippen LogP contribution in [0.4, 0.5) is 4.79 Å². The molecule has 4 aromatic rings. The highest BCUT2D eigenvalue weighted by Crippen LogP contribution is 2.33. The highest BCUT2D eigenvalue weighted by molar-refractivity contribution is 7.90. The van der Waals surface area contributed by atoms with Crippen LogP contribution in [0.3, 0.4) is 0 Å². The summed E-state index contributed by atoms with van der Waals surface area (Å²) in [5.74, 6) is -8.62. The van der Waals surface area contributed by atoms with Gasteiger partial charge in [0, 0.05) is 87.2 Å². The summed E-state index contributed by atoms with van der Waals surface area (Å²) in [6.45, 7) is 11.7. The Balaban J connectivity index is 0.995. The minimum Gasteiger partial charge on any atom is -0.504 e. The zero-order chi connectivity index (χ0) is 74.4. The van der Waals surface area contributed by atoms with Crippen molar-refractivity contribution in [3.8, 4) is 39.8 Å². The van der Waals surface area contributed by atoms with Gasteiger partial charge < -0.3 is 100 Å². The summed E-state index contributed by atoms with van der Waals surface area (Å²) in [7, 11) is 0. The number of aromatic hydroxyl groups is 1.